The van der Waals surface area contributed by atoms with Gasteiger partial charge in [0.2, 0.25) is 0 Å². The third-order valence-corrected chi connectivity index (χ3v) is 4.26. The Balaban J connectivity index is 1.96. The molecule has 0 amide bonds. The van der Waals surface area contributed by atoms with Gasteiger partial charge in [-0.1, -0.05) is 22.0 Å². The normalized spacial score (nSPS) is 19.2. The minimum atomic E-state index is -0.786. The molecule has 1 aromatic carbocycles. The first-order chi connectivity index (χ1) is 8.16. The Morgan fingerprint density at radius 3 is 2.59 bits per heavy atom. The zero-order chi connectivity index (χ0) is 12.3. The van der Waals surface area contributed by atoms with Gasteiger partial charge < -0.3 is 4.74 Å². The molecule has 4 heteroatoms. The molecule has 0 spiro atoms. The quantitative estimate of drug-likeness (QED) is 0.774. The van der Waals surface area contributed by atoms with Crippen LogP contribution in [0.25, 0.3) is 0 Å². The molecule has 17 heavy (non-hydrogen) atoms. The van der Waals surface area contributed by atoms with Crippen LogP contribution in [0.4, 0.5) is 8.78 Å². The maximum atomic E-state index is 13.1. The number of alkyl halides is 1. The second kappa shape index (κ2) is 5.91. The lowest BCUT2D eigenvalue weighted by Gasteiger charge is -2.26. The summed E-state index contributed by atoms with van der Waals surface area (Å²) in [5.74, 6) is -1.00. The largest absolute Gasteiger partial charge is 0.381 e. The van der Waals surface area contributed by atoms with E-state index in [1.54, 1.807) is 6.07 Å². The fraction of sp³-hybridized carbons (Fsp3) is 0.538. The van der Waals surface area contributed by atoms with Crippen molar-refractivity contribution in [3.63, 3.8) is 0 Å². The smallest absolute Gasteiger partial charge is 0.159 e. The van der Waals surface area contributed by atoms with Gasteiger partial charge in [0.25, 0.3) is 0 Å². The molecule has 1 fully saturated rings. The van der Waals surface area contributed by atoms with Gasteiger partial charge in [0, 0.05) is 18.0 Å². The molecule has 0 N–H and O–H groups in total. The highest BCUT2D eigenvalue weighted by molar-refractivity contribution is 9.09. The molecular weight excluding hydrogens is 290 g/mol. The minimum Gasteiger partial charge on any atom is -0.381 e. The third kappa shape index (κ3) is 3.49. The molecule has 1 aliphatic heterocycles. The minimum absolute atomic E-state index is 0.302. The standard InChI is InChI=1S/C13H15BrF2O/c14-11(10-3-5-17-6-4-10)7-9-1-2-12(15)13(16)8-9/h1-2,8,10-11H,3-7H2. The predicted octanol–water partition coefficient (Wildman–Crippen LogP) is 3.70. The van der Waals surface area contributed by atoms with Crippen LogP contribution < -0.4 is 0 Å². The van der Waals surface area contributed by atoms with E-state index in [-0.39, 0.29) is 0 Å². The summed E-state index contributed by atoms with van der Waals surface area (Å²) in [4.78, 5) is 0.302. The van der Waals surface area contributed by atoms with Gasteiger partial charge in [-0.2, -0.15) is 0 Å². The van der Waals surface area contributed by atoms with Gasteiger partial charge in [0.1, 0.15) is 0 Å². The van der Waals surface area contributed by atoms with Gasteiger partial charge in [-0.25, -0.2) is 8.78 Å². The number of hydrogen-bond acceptors (Lipinski definition) is 1. The van der Waals surface area contributed by atoms with Crippen LogP contribution >= 0.6 is 15.9 Å². The van der Waals surface area contributed by atoms with Crippen molar-refractivity contribution in [3.8, 4) is 0 Å². The van der Waals surface area contributed by atoms with Crippen LogP contribution in [0, 0.1) is 17.6 Å². The predicted molar refractivity (Wildman–Crippen MR) is 66.3 cm³/mol. The summed E-state index contributed by atoms with van der Waals surface area (Å²) in [6.45, 7) is 1.59. The summed E-state index contributed by atoms with van der Waals surface area (Å²) in [5.41, 5.74) is 0.831. The van der Waals surface area contributed by atoms with Gasteiger partial charge in [0.05, 0.1) is 0 Å². The second-order valence-corrected chi connectivity index (χ2v) is 5.59. The molecule has 0 saturated carbocycles. The summed E-state index contributed by atoms with van der Waals surface area (Å²) in [7, 11) is 0. The van der Waals surface area contributed by atoms with E-state index in [1.165, 1.54) is 12.1 Å². The Labute approximate surface area is 108 Å². The lowest BCUT2D eigenvalue weighted by molar-refractivity contribution is 0.0662. The molecule has 0 bridgehead atoms. The van der Waals surface area contributed by atoms with Crippen molar-refractivity contribution < 1.29 is 13.5 Å². The van der Waals surface area contributed by atoms with Gasteiger partial charge in [-0.3, -0.25) is 0 Å². The SMILES string of the molecule is Fc1ccc(CC(Br)C2CCOCC2)cc1F. The summed E-state index contributed by atoms with van der Waals surface area (Å²) < 4.78 is 31.2. The Morgan fingerprint density at radius 2 is 1.94 bits per heavy atom. The Hall–Kier alpha value is -0.480. The number of ether oxygens (including phenoxy) is 1. The van der Waals surface area contributed by atoms with E-state index in [9.17, 15) is 8.78 Å². The van der Waals surface area contributed by atoms with Crippen LogP contribution in [0.15, 0.2) is 18.2 Å². The number of benzene rings is 1. The zero-order valence-electron chi connectivity index (χ0n) is 9.46. The van der Waals surface area contributed by atoms with Crippen molar-refractivity contribution in [3.05, 3.63) is 35.4 Å². The second-order valence-electron chi connectivity index (χ2n) is 4.42. The molecule has 0 aromatic heterocycles. The van der Waals surface area contributed by atoms with Crippen molar-refractivity contribution in [2.45, 2.75) is 24.1 Å². The van der Waals surface area contributed by atoms with Gasteiger partial charge >= 0.3 is 0 Å². The molecule has 1 aliphatic rings. The van der Waals surface area contributed by atoms with E-state index in [2.05, 4.69) is 15.9 Å². The molecule has 0 radical (unpaired) electrons. The van der Waals surface area contributed by atoms with E-state index < -0.39 is 11.6 Å². The van der Waals surface area contributed by atoms with E-state index in [1.807, 2.05) is 0 Å². The van der Waals surface area contributed by atoms with Gasteiger partial charge in [0.15, 0.2) is 11.6 Å². The van der Waals surface area contributed by atoms with Crippen LogP contribution in [0.5, 0.6) is 0 Å². The monoisotopic (exact) mass is 304 g/mol. The molecule has 1 atom stereocenters. The number of hydrogen-bond donors (Lipinski definition) is 0. The average Bonchev–Trinajstić information content (AvgIpc) is 2.35. The molecule has 0 aliphatic carbocycles. The zero-order valence-corrected chi connectivity index (χ0v) is 11.1. The molecule has 1 aromatic rings. The van der Waals surface area contributed by atoms with Crippen molar-refractivity contribution in [2.24, 2.45) is 5.92 Å². The fourth-order valence-electron chi connectivity index (χ4n) is 2.14. The van der Waals surface area contributed by atoms with Crippen LogP contribution in [0.1, 0.15) is 18.4 Å². The highest BCUT2D eigenvalue weighted by Crippen LogP contribution is 2.27. The van der Waals surface area contributed by atoms with E-state index in [0.717, 1.165) is 38.0 Å². The topological polar surface area (TPSA) is 9.23 Å². The van der Waals surface area contributed by atoms with Crippen LogP contribution in [-0.4, -0.2) is 18.0 Å². The average molecular weight is 305 g/mol. The van der Waals surface area contributed by atoms with Crippen molar-refractivity contribution >= 4 is 15.9 Å². The van der Waals surface area contributed by atoms with E-state index >= 15 is 0 Å². The Kier molecular flexibility index (Phi) is 4.51. The number of halogens is 3. The molecule has 1 unspecified atom stereocenters. The van der Waals surface area contributed by atoms with E-state index in [0.29, 0.717) is 10.7 Å². The highest BCUT2D eigenvalue weighted by Gasteiger charge is 2.22. The summed E-state index contributed by atoms with van der Waals surface area (Å²) >= 11 is 3.65. The number of rotatable bonds is 3. The first kappa shape index (κ1) is 13.0. The molecule has 1 heterocycles. The Bertz CT molecular complexity index is 378. The maximum absolute atomic E-state index is 13.1. The van der Waals surface area contributed by atoms with Gasteiger partial charge in [-0.05, 0) is 42.9 Å². The third-order valence-electron chi connectivity index (χ3n) is 3.19. The molecular formula is C13H15BrF2O. The summed E-state index contributed by atoms with van der Waals surface area (Å²) in [5, 5.41) is 0. The maximum Gasteiger partial charge on any atom is 0.159 e. The molecule has 1 saturated heterocycles. The van der Waals surface area contributed by atoms with Crippen molar-refractivity contribution in [2.75, 3.05) is 13.2 Å². The van der Waals surface area contributed by atoms with E-state index in [4.69, 9.17) is 4.74 Å². The molecule has 94 valence electrons. The first-order valence-electron chi connectivity index (χ1n) is 5.82. The summed E-state index contributed by atoms with van der Waals surface area (Å²) in [6, 6.07) is 4.11. The van der Waals surface area contributed by atoms with Gasteiger partial charge in [-0.15, -0.1) is 0 Å². The lowest BCUT2D eigenvalue weighted by Crippen LogP contribution is -2.25. The van der Waals surface area contributed by atoms with Crippen LogP contribution in [-0.2, 0) is 11.2 Å². The summed E-state index contributed by atoms with van der Waals surface area (Å²) in [6.07, 6.45) is 2.78. The first-order valence-corrected chi connectivity index (χ1v) is 6.74. The highest BCUT2D eigenvalue weighted by atomic mass is 79.9. The van der Waals surface area contributed by atoms with Crippen molar-refractivity contribution in [1.82, 2.24) is 0 Å². The van der Waals surface area contributed by atoms with Crippen LogP contribution in [0.3, 0.4) is 0 Å². The van der Waals surface area contributed by atoms with Crippen LogP contribution in [0.2, 0.25) is 0 Å². The molecule has 2 rings (SSSR count). The fourth-order valence-corrected chi connectivity index (χ4v) is 3.04. The molecule has 1 nitrogen and oxygen atoms in total. The Morgan fingerprint density at radius 1 is 1.24 bits per heavy atom. The van der Waals surface area contributed by atoms with Crippen molar-refractivity contribution in [1.29, 1.82) is 0 Å². The lowest BCUT2D eigenvalue weighted by atomic mass is 9.92.